The maximum Gasteiger partial charge on any atom is 0.156 e. The van der Waals surface area contributed by atoms with Gasteiger partial charge < -0.3 is 4.90 Å². The van der Waals surface area contributed by atoms with Gasteiger partial charge in [0, 0.05) is 11.0 Å². The lowest BCUT2D eigenvalue weighted by atomic mass is 9.72. The summed E-state index contributed by atoms with van der Waals surface area (Å²) in [7, 11) is 0. The number of nitrogens with zero attached hydrogens (tertiary/aromatic N) is 5. The lowest BCUT2D eigenvalue weighted by Gasteiger charge is -2.47. The zero-order valence-corrected chi connectivity index (χ0v) is 18.6. The van der Waals surface area contributed by atoms with Crippen molar-refractivity contribution in [2.75, 3.05) is 19.6 Å². The first-order valence-electron chi connectivity index (χ1n) is 10.2. The molecule has 3 aromatic heterocycles. The zero-order chi connectivity index (χ0) is 19.8. The van der Waals surface area contributed by atoms with Gasteiger partial charge in [0.1, 0.15) is 10.5 Å². The molecule has 3 fully saturated rings. The van der Waals surface area contributed by atoms with Crippen LogP contribution in [-0.4, -0.2) is 44.1 Å². The molecule has 0 spiro atoms. The van der Waals surface area contributed by atoms with Crippen molar-refractivity contribution >= 4 is 39.6 Å². The number of piperidine rings is 3. The van der Waals surface area contributed by atoms with E-state index in [0.717, 1.165) is 76.8 Å². The molecule has 3 saturated heterocycles. The van der Waals surface area contributed by atoms with Crippen LogP contribution in [0.5, 0.6) is 0 Å². The van der Waals surface area contributed by atoms with E-state index in [0.29, 0.717) is 5.52 Å². The Labute approximate surface area is 184 Å². The summed E-state index contributed by atoms with van der Waals surface area (Å²) < 4.78 is 17.8. The number of benzene rings is 1. The summed E-state index contributed by atoms with van der Waals surface area (Å²) in [6.07, 6.45) is 5.32. The van der Waals surface area contributed by atoms with Crippen molar-refractivity contribution in [3.8, 4) is 11.3 Å². The Balaban J connectivity index is 0.00000193. The molecule has 3 aliphatic rings. The minimum atomic E-state index is -0.258. The first kappa shape index (κ1) is 19.8. The van der Waals surface area contributed by atoms with Crippen molar-refractivity contribution in [2.24, 2.45) is 0 Å². The van der Waals surface area contributed by atoms with E-state index in [4.69, 9.17) is 4.98 Å². The second-order valence-corrected chi connectivity index (χ2v) is 9.59. The second kappa shape index (κ2) is 6.97. The molecule has 156 valence electrons. The molecule has 4 aromatic rings. The molecule has 30 heavy (non-hydrogen) atoms. The van der Waals surface area contributed by atoms with Crippen LogP contribution in [0.1, 0.15) is 35.5 Å². The SMILES string of the molecule is Cc1cn2nc(-c3cc(F)c4nc(C56CCN(CC5)CC6)sc4c3)cc(C)c2n1.Cl. The van der Waals surface area contributed by atoms with Crippen molar-refractivity contribution in [3.05, 3.63) is 46.5 Å². The average molecular weight is 444 g/mol. The second-order valence-electron chi connectivity index (χ2n) is 8.56. The normalized spacial score (nSPS) is 23.2. The highest BCUT2D eigenvalue weighted by molar-refractivity contribution is 7.18. The van der Waals surface area contributed by atoms with E-state index in [1.807, 2.05) is 32.2 Å². The predicted molar refractivity (Wildman–Crippen MR) is 120 cm³/mol. The highest BCUT2D eigenvalue weighted by Gasteiger charge is 2.43. The summed E-state index contributed by atoms with van der Waals surface area (Å²) >= 11 is 1.67. The van der Waals surface area contributed by atoms with Crippen LogP contribution in [0, 0.1) is 19.7 Å². The topological polar surface area (TPSA) is 46.3 Å². The first-order valence-corrected chi connectivity index (χ1v) is 11.0. The monoisotopic (exact) mass is 443 g/mol. The van der Waals surface area contributed by atoms with Gasteiger partial charge in [-0.05, 0) is 76.5 Å². The average Bonchev–Trinajstić information content (AvgIpc) is 3.33. The molecule has 5 nitrogen and oxygen atoms in total. The fourth-order valence-electron chi connectivity index (χ4n) is 4.90. The van der Waals surface area contributed by atoms with Crippen molar-refractivity contribution in [1.29, 1.82) is 0 Å². The van der Waals surface area contributed by atoms with Gasteiger partial charge in [-0.1, -0.05) is 0 Å². The third kappa shape index (κ3) is 2.94. The molecular formula is C22H23ClFN5S. The van der Waals surface area contributed by atoms with E-state index < -0.39 is 0 Å². The predicted octanol–water partition coefficient (Wildman–Crippen LogP) is 4.92. The third-order valence-corrected chi connectivity index (χ3v) is 7.90. The fourth-order valence-corrected chi connectivity index (χ4v) is 6.19. The number of aryl methyl sites for hydroxylation is 2. The summed E-state index contributed by atoms with van der Waals surface area (Å²) in [5, 5.41) is 5.79. The van der Waals surface area contributed by atoms with Crippen LogP contribution in [0.4, 0.5) is 4.39 Å². The Morgan fingerprint density at radius 1 is 1.03 bits per heavy atom. The smallest absolute Gasteiger partial charge is 0.156 e. The summed E-state index contributed by atoms with van der Waals surface area (Å²) in [6.45, 7) is 7.38. The Kier molecular flexibility index (Phi) is 4.61. The van der Waals surface area contributed by atoms with E-state index >= 15 is 4.39 Å². The largest absolute Gasteiger partial charge is 0.303 e. The van der Waals surface area contributed by atoms with Gasteiger partial charge in [0.05, 0.1) is 22.3 Å². The van der Waals surface area contributed by atoms with Crippen molar-refractivity contribution in [1.82, 2.24) is 24.5 Å². The minimum Gasteiger partial charge on any atom is -0.303 e. The number of aromatic nitrogens is 4. The van der Waals surface area contributed by atoms with Crippen LogP contribution < -0.4 is 0 Å². The molecule has 0 radical (unpaired) electrons. The quantitative estimate of drug-likeness (QED) is 0.441. The Morgan fingerprint density at radius 2 is 1.77 bits per heavy atom. The number of halogens is 2. The summed E-state index contributed by atoms with van der Waals surface area (Å²) in [4.78, 5) is 11.8. The maximum absolute atomic E-state index is 15.1. The maximum atomic E-state index is 15.1. The molecule has 6 heterocycles. The molecular weight excluding hydrogens is 421 g/mol. The molecule has 2 bridgehead atoms. The molecule has 0 N–H and O–H groups in total. The van der Waals surface area contributed by atoms with Crippen LogP contribution in [0.2, 0.25) is 0 Å². The Morgan fingerprint density at radius 3 is 2.50 bits per heavy atom. The molecule has 1 aromatic carbocycles. The number of hydrogen-bond acceptors (Lipinski definition) is 5. The Hall–Kier alpha value is -2.09. The first-order chi connectivity index (χ1) is 14.0. The van der Waals surface area contributed by atoms with E-state index in [-0.39, 0.29) is 23.6 Å². The standard InChI is InChI=1S/C22H22FN5S.ClH/c1-13-9-17(26-28-12-14(2)24-20(13)28)15-10-16(23)19-18(11-15)29-21(25-19)22-3-6-27(7-4-22)8-5-22;/h9-12H,3-8H2,1-2H3;1H. The molecule has 0 saturated carbocycles. The van der Waals surface area contributed by atoms with Crippen LogP contribution in [0.3, 0.4) is 0 Å². The molecule has 8 heteroatoms. The number of imidazole rings is 1. The lowest BCUT2D eigenvalue weighted by Crippen LogP contribution is -2.50. The highest BCUT2D eigenvalue weighted by atomic mass is 35.5. The fraction of sp³-hybridized carbons (Fsp3) is 0.409. The van der Waals surface area contributed by atoms with Crippen molar-refractivity contribution < 1.29 is 4.39 Å². The molecule has 0 aliphatic carbocycles. The molecule has 0 atom stereocenters. The highest BCUT2D eigenvalue weighted by Crippen LogP contribution is 2.46. The number of thiazole rings is 1. The number of fused-ring (bicyclic) bond motifs is 5. The van der Waals surface area contributed by atoms with Crippen molar-refractivity contribution in [3.63, 3.8) is 0 Å². The van der Waals surface area contributed by atoms with E-state index in [1.54, 1.807) is 21.9 Å². The van der Waals surface area contributed by atoms with E-state index in [9.17, 15) is 0 Å². The third-order valence-electron chi connectivity index (χ3n) is 6.65. The van der Waals surface area contributed by atoms with Crippen LogP contribution in [-0.2, 0) is 5.41 Å². The summed E-state index contributed by atoms with van der Waals surface area (Å²) in [5.74, 6) is -0.258. The number of hydrogen-bond donors (Lipinski definition) is 0. The van der Waals surface area contributed by atoms with Crippen LogP contribution >= 0.6 is 23.7 Å². The van der Waals surface area contributed by atoms with E-state index in [1.165, 1.54) is 0 Å². The van der Waals surface area contributed by atoms with Gasteiger partial charge in [0.2, 0.25) is 0 Å². The van der Waals surface area contributed by atoms with Gasteiger partial charge >= 0.3 is 0 Å². The van der Waals surface area contributed by atoms with Crippen LogP contribution in [0.15, 0.2) is 24.4 Å². The van der Waals surface area contributed by atoms with Gasteiger partial charge in [-0.3, -0.25) is 0 Å². The molecule has 3 aliphatic heterocycles. The van der Waals surface area contributed by atoms with Gasteiger partial charge in [0.25, 0.3) is 0 Å². The minimum absolute atomic E-state index is 0. The van der Waals surface area contributed by atoms with E-state index in [2.05, 4.69) is 15.0 Å². The van der Waals surface area contributed by atoms with Gasteiger partial charge in [-0.25, -0.2) is 18.9 Å². The molecule has 7 rings (SSSR count). The molecule has 0 unspecified atom stereocenters. The van der Waals surface area contributed by atoms with Gasteiger partial charge in [-0.15, -0.1) is 23.7 Å². The molecule has 0 amide bonds. The van der Waals surface area contributed by atoms with Crippen molar-refractivity contribution in [2.45, 2.75) is 38.5 Å². The van der Waals surface area contributed by atoms with Gasteiger partial charge in [-0.2, -0.15) is 5.10 Å². The Bertz CT molecular complexity index is 1260. The lowest BCUT2D eigenvalue weighted by molar-refractivity contribution is 0.0817. The van der Waals surface area contributed by atoms with Crippen LogP contribution in [0.25, 0.3) is 27.1 Å². The summed E-state index contributed by atoms with van der Waals surface area (Å²) in [5.41, 5.74) is 4.99. The number of rotatable bonds is 2. The zero-order valence-electron chi connectivity index (χ0n) is 17.0. The summed E-state index contributed by atoms with van der Waals surface area (Å²) in [6, 6.07) is 5.61. The van der Waals surface area contributed by atoms with Gasteiger partial charge in [0.15, 0.2) is 11.5 Å².